The summed E-state index contributed by atoms with van der Waals surface area (Å²) in [5.74, 6) is 0.711. The summed E-state index contributed by atoms with van der Waals surface area (Å²) >= 11 is 5.98. The molecule has 0 saturated heterocycles. The number of rotatable bonds is 4. The van der Waals surface area contributed by atoms with E-state index in [-0.39, 0.29) is 6.03 Å². The van der Waals surface area contributed by atoms with E-state index in [0.717, 1.165) is 5.56 Å². The summed E-state index contributed by atoms with van der Waals surface area (Å²) < 4.78 is 5.10. The molecule has 94 valence electrons. The molecule has 1 aromatic carbocycles. The molecule has 2 rings (SSSR count). The number of hydrogen-bond donors (Lipinski definition) is 2. The van der Waals surface area contributed by atoms with Gasteiger partial charge in [0.25, 0.3) is 0 Å². The van der Waals surface area contributed by atoms with Gasteiger partial charge in [0.15, 0.2) is 0 Å². The quantitative estimate of drug-likeness (QED) is 0.892. The number of carbonyl (C=O) groups excluding carboxylic acids is 1. The van der Waals surface area contributed by atoms with Crippen LogP contribution < -0.4 is 10.6 Å². The number of carbonyl (C=O) groups is 1. The first-order chi connectivity index (χ1) is 8.75. The lowest BCUT2D eigenvalue weighted by Crippen LogP contribution is -2.34. The molecule has 0 atom stereocenters. The third-order valence-electron chi connectivity index (χ3n) is 2.40. The van der Waals surface area contributed by atoms with Crippen molar-refractivity contribution in [2.45, 2.75) is 13.1 Å². The third kappa shape index (κ3) is 3.53. The summed E-state index contributed by atoms with van der Waals surface area (Å²) in [6, 6.07) is 10.7. The molecular formula is C13H13ClN2O2. The van der Waals surface area contributed by atoms with E-state index in [4.69, 9.17) is 16.0 Å². The molecule has 2 amide bonds. The summed E-state index contributed by atoms with van der Waals surface area (Å²) in [6.45, 7) is 0.755. The van der Waals surface area contributed by atoms with Gasteiger partial charge < -0.3 is 15.1 Å². The van der Waals surface area contributed by atoms with Gasteiger partial charge in [-0.25, -0.2) is 4.79 Å². The van der Waals surface area contributed by atoms with E-state index in [2.05, 4.69) is 10.6 Å². The molecule has 0 radical (unpaired) electrons. The molecule has 0 fully saturated rings. The second-order valence-corrected chi connectivity index (χ2v) is 4.11. The van der Waals surface area contributed by atoms with Crippen molar-refractivity contribution < 1.29 is 9.21 Å². The van der Waals surface area contributed by atoms with Crippen molar-refractivity contribution in [3.63, 3.8) is 0 Å². The molecule has 1 aromatic heterocycles. The van der Waals surface area contributed by atoms with Gasteiger partial charge >= 0.3 is 6.03 Å². The van der Waals surface area contributed by atoms with Gasteiger partial charge in [-0.05, 0) is 23.8 Å². The minimum Gasteiger partial charge on any atom is -0.467 e. The van der Waals surface area contributed by atoms with E-state index in [1.165, 1.54) is 0 Å². The molecule has 0 aliphatic rings. The van der Waals surface area contributed by atoms with E-state index >= 15 is 0 Å². The fraction of sp³-hybridized carbons (Fsp3) is 0.154. The molecule has 0 bridgehead atoms. The lowest BCUT2D eigenvalue weighted by molar-refractivity contribution is 0.239. The molecular weight excluding hydrogens is 252 g/mol. The van der Waals surface area contributed by atoms with Crippen molar-refractivity contribution in [3.05, 3.63) is 59.0 Å². The number of nitrogens with one attached hydrogen (secondary N) is 2. The number of halogens is 1. The fourth-order valence-corrected chi connectivity index (χ4v) is 1.66. The van der Waals surface area contributed by atoms with Crippen molar-refractivity contribution >= 4 is 17.6 Å². The van der Waals surface area contributed by atoms with Crippen molar-refractivity contribution in [3.8, 4) is 0 Å². The third-order valence-corrected chi connectivity index (χ3v) is 2.77. The molecule has 0 aliphatic heterocycles. The zero-order chi connectivity index (χ0) is 12.8. The normalized spacial score (nSPS) is 10.1. The van der Waals surface area contributed by atoms with Gasteiger partial charge in [-0.1, -0.05) is 29.8 Å². The summed E-state index contributed by atoms with van der Waals surface area (Å²) in [4.78, 5) is 11.5. The summed E-state index contributed by atoms with van der Waals surface area (Å²) in [5.41, 5.74) is 0.882. The topological polar surface area (TPSA) is 54.3 Å². The van der Waals surface area contributed by atoms with Crippen LogP contribution in [0.15, 0.2) is 47.1 Å². The highest BCUT2D eigenvalue weighted by atomic mass is 35.5. The highest BCUT2D eigenvalue weighted by molar-refractivity contribution is 6.31. The van der Waals surface area contributed by atoms with Crippen LogP contribution in [-0.4, -0.2) is 6.03 Å². The number of amides is 2. The Hall–Kier alpha value is -1.94. The van der Waals surface area contributed by atoms with Crippen LogP contribution in [0.1, 0.15) is 11.3 Å². The maximum Gasteiger partial charge on any atom is 0.315 e. The molecule has 0 saturated carbocycles. The van der Waals surface area contributed by atoms with Crippen molar-refractivity contribution in [1.29, 1.82) is 0 Å². The Labute approximate surface area is 110 Å². The van der Waals surface area contributed by atoms with Crippen LogP contribution >= 0.6 is 11.6 Å². The first kappa shape index (κ1) is 12.5. The Morgan fingerprint density at radius 3 is 2.61 bits per heavy atom. The molecule has 18 heavy (non-hydrogen) atoms. The van der Waals surface area contributed by atoms with Gasteiger partial charge in [0.05, 0.1) is 12.8 Å². The van der Waals surface area contributed by atoms with Gasteiger partial charge in [0, 0.05) is 11.6 Å². The SMILES string of the molecule is O=C(NCc1ccco1)NCc1ccccc1Cl. The standard InChI is InChI=1S/C13H13ClN2O2/c14-12-6-2-1-4-10(12)8-15-13(17)16-9-11-5-3-7-18-11/h1-7H,8-9H2,(H2,15,16,17). The number of furan rings is 1. The van der Waals surface area contributed by atoms with Crippen LogP contribution in [0.5, 0.6) is 0 Å². The van der Waals surface area contributed by atoms with Gasteiger partial charge in [-0.2, -0.15) is 0 Å². The molecule has 1 heterocycles. The van der Waals surface area contributed by atoms with Crippen molar-refractivity contribution in [2.24, 2.45) is 0 Å². The monoisotopic (exact) mass is 264 g/mol. The van der Waals surface area contributed by atoms with Gasteiger partial charge in [0.1, 0.15) is 5.76 Å². The van der Waals surface area contributed by atoms with E-state index in [1.54, 1.807) is 24.5 Å². The first-order valence-electron chi connectivity index (χ1n) is 5.53. The Balaban J connectivity index is 1.77. The largest absolute Gasteiger partial charge is 0.467 e. The van der Waals surface area contributed by atoms with Crippen LogP contribution in [0, 0.1) is 0 Å². The Morgan fingerprint density at radius 1 is 1.11 bits per heavy atom. The molecule has 2 aromatic rings. The van der Waals surface area contributed by atoms with Crippen LogP contribution in [0.25, 0.3) is 0 Å². The zero-order valence-electron chi connectivity index (χ0n) is 9.65. The van der Waals surface area contributed by atoms with Crippen LogP contribution in [-0.2, 0) is 13.1 Å². The average Bonchev–Trinajstić information content (AvgIpc) is 2.88. The van der Waals surface area contributed by atoms with Crippen molar-refractivity contribution in [1.82, 2.24) is 10.6 Å². The fourth-order valence-electron chi connectivity index (χ4n) is 1.46. The number of urea groups is 1. The van der Waals surface area contributed by atoms with Gasteiger partial charge in [-0.3, -0.25) is 0 Å². The predicted octanol–water partition coefficient (Wildman–Crippen LogP) is 2.93. The Morgan fingerprint density at radius 2 is 1.89 bits per heavy atom. The van der Waals surface area contributed by atoms with Crippen LogP contribution in [0.3, 0.4) is 0 Å². The molecule has 2 N–H and O–H groups in total. The molecule has 4 nitrogen and oxygen atoms in total. The number of hydrogen-bond acceptors (Lipinski definition) is 2. The summed E-state index contributed by atoms with van der Waals surface area (Å²) in [6.07, 6.45) is 1.57. The Bertz CT molecular complexity index is 511. The maximum absolute atomic E-state index is 11.5. The lowest BCUT2D eigenvalue weighted by Gasteiger charge is -2.07. The number of benzene rings is 1. The van der Waals surface area contributed by atoms with E-state index in [9.17, 15) is 4.79 Å². The van der Waals surface area contributed by atoms with E-state index in [0.29, 0.717) is 23.9 Å². The maximum atomic E-state index is 11.5. The van der Waals surface area contributed by atoms with Crippen LogP contribution in [0.2, 0.25) is 5.02 Å². The van der Waals surface area contributed by atoms with E-state index < -0.39 is 0 Å². The zero-order valence-corrected chi connectivity index (χ0v) is 10.4. The highest BCUT2D eigenvalue weighted by Gasteiger charge is 2.03. The summed E-state index contributed by atoms with van der Waals surface area (Å²) in [7, 11) is 0. The highest BCUT2D eigenvalue weighted by Crippen LogP contribution is 2.14. The van der Waals surface area contributed by atoms with Gasteiger partial charge in [0.2, 0.25) is 0 Å². The second-order valence-electron chi connectivity index (χ2n) is 3.71. The van der Waals surface area contributed by atoms with E-state index in [1.807, 2.05) is 18.2 Å². The smallest absolute Gasteiger partial charge is 0.315 e. The minimum absolute atomic E-state index is 0.258. The first-order valence-corrected chi connectivity index (χ1v) is 5.91. The molecule has 0 aliphatic carbocycles. The lowest BCUT2D eigenvalue weighted by atomic mass is 10.2. The molecule has 0 spiro atoms. The molecule has 0 unspecified atom stereocenters. The van der Waals surface area contributed by atoms with Crippen molar-refractivity contribution in [2.75, 3.05) is 0 Å². The molecule has 5 heteroatoms. The van der Waals surface area contributed by atoms with Gasteiger partial charge in [-0.15, -0.1) is 0 Å². The Kier molecular flexibility index (Phi) is 4.25. The predicted molar refractivity (Wildman–Crippen MR) is 69.2 cm³/mol. The average molecular weight is 265 g/mol. The second kappa shape index (κ2) is 6.12. The summed E-state index contributed by atoms with van der Waals surface area (Å²) in [5, 5.41) is 6.06. The van der Waals surface area contributed by atoms with Crippen LogP contribution in [0.4, 0.5) is 4.79 Å². The minimum atomic E-state index is -0.258.